The van der Waals surface area contributed by atoms with Crippen molar-refractivity contribution < 1.29 is 9.84 Å². The number of aliphatic hydroxyl groups is 1. The second-order valence-electron chi connectivity index (χ2n) is 5.57. The number of nitrogens with zero attached hydrogens (tertiary/aromatic N) is 1. The van der Waals surface area contributed by atoms with Gasteiger partial charge < -0.3 is 15.2 Å². The van der Waals surface area contributed by atoms with Crippen molar-refractivity contribution in [1.82, 2.24) is 10.2 Å². The Labute approximate surface area is 112 Å². The Morgan fingerprint density at radius 3 is 2.83 bits per heavy atom. The van der Waals surface area contributed by atoms with E-state index in [9.17, 15) is 5.11 Å². The minimum absolute atomic E-state index is 0.146. The van der Waals surface area contributed by atoms with Gasteiger partial charge in [-0.25, -0.2) is 0 Å². The van der Waals surface area contributed by atoms with Gasteiger partial charge in [-0.05, 0) is 32.7 Å². The quantitative estimate of drug-likeness (QED) is 0.687. The molecule has 0 spiro atoms. The van der Waals surface area contributed by atoms with E-state index in [2.05, 4.69) is 31.0 Å². The van der Waals surface area contributed by atoms with Crippen LogP contribution >= 0.6 is 0 Å². The van der Waals surface area contributed by atoms with E-state index in [0.29, 0.717) is 6.04 Å². The van der Waals surface area contributed by atoms with Crippen LogP contribution in [0.3, 0.4) is 0 Å². The first kappa shape index (κ1) is 15.9. The van der Waals surface area contributed by atoms with Crippen LogP contribution in [-0.4, -0.2) is 61.0 Å². The molecule has 1 saturated heterocycles. The number of hydrogen-bond acceptors (Lipinski definition) is 4. The fraction of sp³-hybridized carbons (Fsp3) is 1.00. The Kier molecular flexibility index (Phi) is 7.15. The van der Waals surface area contributed by atoms with E-state index in [1.807, 2.05) is 0 Å². The normalized spacial score (nSPS) is 25.0. The molecule has 0 aromatic heterocycles. The molecule has 0 saturated carbocycles. The molecule has 0 aliphatic carbocycles. The lowest BCUT2D eigenvalue weighted by Gasteiger charge is -2.38. The van der Waals surface area contributed by atoms with Gasteiger partial charge in [0.05, 0.1) is 19.8 Å². The van der Waals surface area contributed by atoms with Crippen LogP contribution in [0.15, 0.2) is 0 Å². The molecule has 1 heterocycles. The average Bonchev–Trinajstić information content (AvgIpc) is 2.43. The van der Waals surface area contributed by atoms with Crippen molar-refractivity contribution in [2.75, 3.05) is 39.5 Å². The molecule has 0 aromatic carbocycles. The number of aliphatic hydroxyl groups excluding tert-OH is 1. The van der Waals surface area contributed by atoms with E-state index in [1.165, 1.54) is 0 Å². The third kappa shape index (κ3) is 4.84. The van der Waals surface area contributed by atoms with E-state index in [4.69, 9.17) is 4.74 Å². The third-order valence-electron chi connectivity index (χ3n) is 3.92. The number of rotatable bonds is 8. The lowest BCUT2D eigenvalue weighted by molar-refractivity contribution is -0.0135. The molecule has 2 N–H and O–H groups in total. The van der Waals surface area contributed by atoms with Crippen LogP contribution in [0.25, 0.3) is 0 Å². The van der Waals surface area contributed by atoms with Gasteiger partial charge in [0, 0.05) is 24.7 Å². The molecule has 0 bridgehead atoms. The first-order chi connectivity index (χ1) is 8.65. The minimum Gasteiger partial charge on any atom is -0.394 e. The molecule has 4 nitrogen and oxygen atoms in total. The molecular formula is C14H30N2O2. The van der Waals surface area contributed by atoms with E-state index in [0.717, 1.165) is 52.1 Å². The van der Waals surface area contributed by atoms with Crippen LogP contribution in [0, 0.1) is 0 Å². The minimum atomic E-state index is -0.146. The van der Waals surface area contributed by atoms with Crippen LogP contribution in [0.4, 0.5) is 0 Å². The van der Waals surface area contributed by atoms with Gasteiger partial charge >= 0.3 is 0 Å². The van der Waals surface area contributed by atoms with E-state index in [1.54, 1.807) is 0 Å². The van der Waals surface area contributed by atoms with E-state index in [-0.39, 0.29) is 12.1 Å². The number of morpholine rings is 1. The van der Waals surface area contributed by atoms with Crippen LogP contribution in [-0.2, 0) is 4.74 Å². The van der Waals surface area contributed by atoms with E-state index >= 15 is 0 Å². The van der Waals surface area contributed by atoms with Gasteiger partial charge in [-0.3, -0.25) is 4.90 Å². The second kappa shape index (κ2) is 8.10. The first-order valence-electron chi connectivity index (χ1n) is 7.33. The highest BCUT2D eigenvalue weighted by Gasteiger charge is 2.26. The smallest absolute Gasteiger partial charge is 0.0622 e. The van der Waals surface area contributed by atoms with Crippen molar-refractivity contribution in [3.05, 3.63) is 0 Å². The monoisotopic (exact) mass is 258 g/mol. The maximum Gasteiger partial charge on any atom is 0.0622 e. The summed E-state index contributed by atoms with van der Waals surface area (Å²) in [5.41, 5.74) is -0.146. The fourth-order valence-electron chi connectivity index (χ4n) is 2.40. The molecule has 1 aliphatic heterocycles. The Hall–Kier alpha value is -0.160. The molecule has 1 fully saturated rings. The number of nitrogens with one attached hydrogen (secondary N) is 1. The molecule has 1 rings (SSSR count). The lowest BCUT2D eigenvalue weighted by Crippen LogP contribution is -2.51. The van der Waals surface area contributed by atoms with Crippen LogP contribution in [0.5, 0.6) is 0 Å². The van der Waals surface area contributed by atoms with Crippen molar-refractivity contribution in [2.24, 2.45) is 0 Å². The summed E-state index contributed by atoms with van der Waals surface area (Å²) in [6.07, 6.45) is 3.23. The molecule has 0 radical (unpaired) electrons. The van der Waals surface area contributed by atoms with Crippen molar-refractivity contribution in [3.63, 3.8) is 0 Å². The molecule has 0 amide bonds. The Morgan fingerprint density at radius 1 is 1.44 bits per heavy atom. The zero-order valence-electron chi connectivity index (χ0n) is 12.2. The average molecular weight is 258 g/mol. The van der Waals surface area contributed by atoms with Gasteiger partial charge in [-0.1, -0.05) is 13.8 Å². The summed E-state index contributed by atoms with van der Waals surface area (Å²) in [5.74, 6) is 0. The maximum absolute atomic E-state index is 9.56. The molecule has 4 heteroatoms. The van der Waals surface area contributed by atoms with Crippen LogP contribution in [0.1, 0.15) is 40.0 Å². The Balaban J connectivity index is 2.40. The number of hydrogen-bond donors (Lipinski definition) is 2. The van der Waals surface area contributed by atoms with Crippen molar-refractivity contribution in [3.8, 4) is 0 Å². The molecule has 2 atom stereocenters. The van der Waals surface area contributed by atoms with Crippen molar-refractivity contribution >= 4 is 0 Å². The zero-order chi connectivity index (χ0) is 13.4. The Morgan fingerprint density at radius 2 is 2.22 bits per heavy atom. The summed E-state index contributed by atoms with van der Waals surface area (Å²) in [6.45, 7) is 11.4. The predicted octanol–water partition coefficient (Wildman–Crippen LogP) is 1.24. The van der Waals surface area contributed by atoms with Crippen molar-refractivity contribution in [2.45, 2.75) is 51.6 Å². The molecule has 2 unspecified atom stereocenters. The van der Waals surface area contributed by atoms with Gasteiger partial charge in [0.1, 0.15) is 0 Å². The lowest BCUT2D eigenvalue weighted by atomic mass is 9.97. The fourth-order valence-corrected chi connectivity index (χ4v) is 2.40. The van der Waals surface area contributed by atoms with Crippen LogP contribution < -0.4 is 5.32 Å². The van der Waals surface area contributed by atoms with Gasteiger partial charge in [0.2, 0.25) is 0 Å². The summed E-state index contributed by atoms with van der Waals surface area (Å²) in [6, 6.07) is 0.549. The topological polar surface area (TPSA) is 44.7 Å². The zero-order valence-corrected chi connectivity index (χ0v) is 12.2. The highest BCUT2D eigenvalue weighted by atomic mass is 16.5. The maximum atomic E-state index is 9.56. The summed E-state index contributed by atoms with van der Waals surface area (Å²) in [7, 11) is 0. The SMILES string of the molecule is CCCNC(C)(CO)CCN1CCOCC1CC. The summed E-state index contributed by atoms with van der Waals surface area (Å²) < 4.78 is 5.52. The molecule has 18 heavy (non-hydrogen) atoms. The van der Waals surface area contributed by atoms with Crippen LogP contribution in [0.2, 0.25) is 0 Å². The standard InChI is InChI=1S/C14H30N2O2/c1-4-7-15-14(3,12-17)6-8-16-9-10-18-11-13(16)5-2/h13,15,17H,4-12H2,1-3H3. The van der Waals surface area contributed by atoms with Gasteiger partial charge in [0.15, 0.2) is 0 Å². The Bertz CT molecular complexity index is 226. The summed E-state index contributed by atoms with van der Waals surface area (Å²) in [4.78, 5) is 2.50. The molecule has 0 aromatic rings. The largest absolute Gasteiger partial charge is 0.394 e. The number of ether oxygens (including phenoxy) is 1. The highest BCUT2D eigenvalue weighted by molar-refractivity contribution is 4.85. The predicted molar refractivity (Wildman–Crippen MR) is 74.9 cm³/mol. The van der Waals surface area contributed by atoms with Gasteiger partial charge in [-0.2, -0.15) is 0 Å². The third-order valence-corrected chi connectivity index (χ3v) is 3.92. The summed E-state index contributed by atoms with van der Waals surface area (Å²) in [5, 5.41) is 13.0. The second-order valence-corrected chi connectivity index (χ2v) is 5.57. The molecular weight excluding hydrogens is 228 g/mol. The molecule has 108 valence electrons. The van der Waals surface area contributed by atoms with E-state index < -0.39 is 0 Å². The highest BCUT2D eigenvalue weighted by Crippen LogP contribution is 2.15. The first-order valence-corrected chi connectivity index (χ1v) is 7.33. The van der Waals surface area contributed by atoms with Gasteiger partial charge in [-0.15, -0.1) is 0 Å². The molecule has 1 aliphatic rings. The van der Waals surface area contributed by atoms with Crippen molar-refractivity contribution in [1.29, 1.82) is 0 Å². The van der Waals surface area contributed by atoms with Gasteiger partial charge in [0.25, 0.3) is 0 Å². The summed E-state index contributed by atoms with van der Waals surface area (Å²) >= 11 is 0.